The Morgan fingerprint density at radius 3 is 2.69 bits per heavy atom. The van der Waals surface area contributed by atoms with Crippen LogP contribution >= 0.6 is 46.0 Å². The maximum atomic E-state index is 12.6. The van der Waals surface area contributed by atoms with Crippen LogP contribution in [0.3, 0.4) is 0 Å². The standard InChI is InChI=1S/C15H13ClN2O4S4/c1-22-13(19)8-18-10-4-3-9(23-2)7-11(10)24-15(18)17-26(20,21)14-6-5-12(16)25-14/h3-7H,8H2,1-2H3/b17-15-. The number of carbonyl (C=O) groups excluding carboxylic acids is 1. The molecule has 0 bridgehead atoms. The average molecular weight is 449 g/mol. The molecule has 6 nitrogen and oxygen atoms in total. The molecule has 3 rings (SSSR count). The van der Waals surface area contributed by atoms with Crippen molar-refractivity contribution in [2.24, 2.45) is 4.40 Å². The van der Waals surface area contributed by atoms with Crippen molar-refractivity contribution in [3.05, 3.63) is 39.5 Å². The van der Waals surface area contributed by atoms with Crippen LogP contribution in [0.25, 0.3) is 10.2 Å². The second kappa shape index (κ2) is 7.73. The van der Waals surface area contributed by atoms with Gasteiger partial charge in [-0.3, -0.25) is 4.79 Å². The van der Waals surface area contributed by atoms with E-state index in [1.165, 1.54) is 30.6 Å². The highest BCUT2D eigenvalue weighted by Crippen LogP contribution is 2.28. The Morgan fingerprint density at radius 1 is 1.31 bits per heavy atom. The number of hydrogen-bond acceptors (Lipinski definition) is 7. The van der Waals surface area contributed by atoms with E-state index < -0.39 is 16.0 Å². The van der Waals surface area contributed by atoms with Crippen LogP contribution in [0.5, 0.6) is 0 Å². The predicted molar refractivity (Wildman–Crippen MR) is 106 cm³/mol. The number of benzene rings is 1. The van der Waals surface area contributed by atoms with Crippen LogP contribution in [-0.4, -0.2) is 32.3 Å². The highest BCUT2D eigenvalue weighted by Gasteiger charge is 2.18. The first kappa shape index (κ1) is 19.4. The quantitative estimate of drug-likeness (QED) is 0.440. The molecule has 2 aromatic heterocycles. The Labute approximate surface area is 167 Å². The van der Waals surface area contributed by atoms with E-state index >= 15 is 0 Å². The molecule has 0 fully saturated rings. The molecular weight excluding hydrogens is 436 g/mol. The highest BCUT2D eigenvalue weighted by atomic mass is 35.5. The molecule has 0 spiro atoms. The number of thiazole rings is 1. The number of esters is 1. The van der Waals surface area contributed by atoms with Crippen molar-refractivity contribution in [3.63, 3.8) is 0 Å². The smallest absolute Gasteiger partial charge is 0.325 e. The van der Waals surface area contributed by atoms with Crippen LogP contribution < -0.4 is 4.80 Å². The van der Waals surface area contributed by atoms with Crippen LogP contribution in [0.4, 0.5) is 0 Å². The second-order valence-electron chi connectivity index (χ2n) is 5.01. The summed E-state index contributed by atoms with van der Waals surface area (Å²) >= 11 is 9.54. The lowest BCUT2D eigenvalue weighted by molar-refractivity contribution is -0.141. The molecule has 138 valence electrons. The molecule has 0 atom stereocenters. The predicted octanol–water partition coefficient (Wildman–Crippen LogP) is 3.60. The van der Waals surface area contributed by atoms with E-state index in [0.29, 0.717) is 4.34 Å². The van der Waals surface area contributed by atoms with Gasteiger partial charge in [-0.05, 0) is 36.6 Å². The van der Waals surface area contributed by atoms with E-state index in [1.54, 1.807) is 16.3 Å². The van der Waals surface area contributed by atoms with Gasteiger partial charge in [0.2, 0.25) is 4.80 Å². The molecule has 0 N–H and O–H groups in total. The van der Waals surface area contributed by atoms with Crippen molar-refractivity contribution in [2.45, 2.75) is 15.6 Å². The molecule has 0 aliphatic heterocycles. The van der Waals surface area contributed by atoms with Gasteiger partial charge in [0.05, 0.1) is 21.7 Å². The minimum atomic E-state index is -3.93. The number of sulfonamides is 1. The Morgan fingerprint density at radius 2 is 2.08 bits per heavy atom. The van der Waals surface area contributed by atoms with Gasteiger partial charge >= 0.3 is 5.97 Å². The van der Waals surface area contributed by atoms with Crippen molar-refractivity contribution < 1.29 is 17.9 Å². The highest BCUT2D eigenvalue weighted by molar-refractivity contribution is 7.98. The van der Waals surface area contributed by atoms with Gasteiger partial charge in [0.15, 0.2) is 0 Å². The van der Waals surface area contributed by atoms with Crippen molar-refractivity contribution >= 4 is 72.2 Å². The zero-order chi connectivity index (χ0) is 18.9. The molecule has 1 aromatic carbocycles. The summed E-state index contributed by atoms with van der Waals surface area (Å²) in [6.45, 7) is -0.130. The van der Waals surface area contributed by atoms with Crippen molar-refractivity contribution in [1.29, 1.82) is 0 Å². The minimum Gasteiger partial charge on any atom is -0.468 e. The van der Waals surface area contributed by atoms with E-state index in [-0.39, 0.29) is 15.6 Å². The number of aromatic nitrogens is 1. The largest absolute Gasteiger partial charge is 0.468 e. The number of thiophene rings is 1. The number of methoxy groups -OCH3 is 1. The fraction of sp³-hybridized carbons (Fsp3) is 0.200. The molecule has 11 heteroatoms. The molecule has 3 aromatic rings. The molecule has 0 saturated carbocycles. The average Bonchev–Trinajstić information content (AvgIpc) is 3.18. The maximum Gasteiger partial charge on any atom is 0.325 e. The summed E-state index contributed by atoms with van der Waals surface area (Å²) in [5.74, 6) is -0.489. The number of carbonyl (C=O) groups is 1. The van der Waals surface area contributed by atoms with Crippen LogP contribution in [-0.2, 0) is 26.1 Å². The van der Waals surface area contributed by atoms with Crippen molar-refractivity contribution in [2.75, 3.05) is 13.4 Å². The Balaban J connectivity index is 2.23. The normalized spacial score (nSPS) is 12.7. The molecule has 0 amide bonds. The third-order valence-electron chi connectivity index (χ3n) is 3.41. The van der Waals surface area contributed by atoms with Gasteiger partial charge in [-0.2, -0.15) is 8.42 Å². The summed E-state index contributed by atoms with van der Waals surface area (Å²) in [4.78, 5) is 13.0. The SMILES string of the molecule is COC(=O)Cn1/c(=N/S(=O)(=O)c2ccc(Cl)s2)sc2cc(SC)ccc21. The summed E-state index contributed by atoms with van der Waals surface area (Å²) in [5.41, 5.74) is 0.719. The molecule has 0 radical (unpaired) electrons. The summed E-state index contributed by atoms with van der Waals surface area (Å²) in [6.07, 6.45) is 1.95. The Hall–Kier alpha value is -1.33. The minimum absolute atomic E-state index is 0.0503. The first-order valence-corrected chi connectivity index (χ1v) is 11.8. The number of halogens is 1. The lowest BCUT2D eigenvalue weighted by atomic mass is 10.3. The fourth-order valence-electron chi connectivity index (χ4n) is 2.18. The van der Waals surface area contributed by atoms with Gasteiger partial charge in [0.25, 0.3) is 10.0 Å². The molecule has 0 aliphatic carbocycles. The first-order valence-electron chi connectivity index (χ1n) is 7.14. The number of rotatable bonds is 5. The van der Waals surface area contributed by atoms with Gasteiger partial charge in [-0.1, -0.05) is 22.9 Å². The molecular formula is C15H13ClN2O4S4. The third kappa shape index (κ3) is 3.99. The van der Waals surface area contributed by atoms with Gasteiger partial charge in [-0.25, -0.2) is 0 Å². The van der Waals surface area contributed by atoms with Crippen molar-refractivity contribution in [3.8, 4) is 0 Å². The van der Waals surface area contributed by atoms with E-state index in [2.05, 4.69) is 4.40 Å². The maximum absolute atomic E-state index is 12.6. The van der Waals surface area contributed by atoms with E-state index in [1.807, 2.05) is 24.5 Å². The van der Waals surface area contributed by atoms with Crippen LogP contribution in [0.2, 0.25) is 4.34 Å². The number of nitrogens with zero attached hydrogens (tertiary/aromatic N) is 2. The van der Waals surface area contributed by atoms with Crippen molar-refractivity contribution in [1.82, 2.24) is 4.57 Å². The molecule has 26 heavy (non-hydrogen) atoms. The zero-order valence-electron chi connectivity index (χ0n) is 13.6. The van der Waals surface area contributed by atoms with Crippen LogP contribution in [0.15, 0.2) is 43.8 Å². The van der Waals surface area contributed by atoms with E-state index in [9.17, 15) is 13.2 Å². The van der Waals surface area contributed by atoms with Crippen LogP contribution in [0.1, 0.15) is 0 Å². The topological polar surface area (TPSA) is 77.7 Å². The second-order valence-corrected chi connectivity index (χ2v) is 10.4. The third-order valence-corrected chi connectivity index (χ3v) is 8.25. The zero-order valence-corrected chi connectivity index (χ0v) is 17.7. The lowest BCUT2D eigenvalue weighted by Crippen LogP contribution is -2.22. The lowest BCUT2D eigenvalue weighted by Gasteiger charge is -2.04. The van der Waals surface area contributed by atoms with E-state index in [4.69, 9.17) is 16.3 Å². The molecule has 0 aliphatic rings. The Bertz CT molecular complexity index is 1140. The first-order chi connectivity index (χ1) is 12.3. The number of thioether (sulfide) groups is 1. The number of fused-ring (bicyclic) bond motifs is 1. The van der Waals surface area contributed by atoms with Gasteiger partial charge in [-0.15, -0.1) is 27.5 Å². The Kier molecular flexibility index (Phi) is 5.78. The summed E-state index contributed by atoms with van der Waals surface area (Å²) < 4.78 is 36.6. The number of ether oxygens (including phenoxy) is 1. The van der Waals surface area contributed by atoms with Gasteiger partial charge < -0.3 is 9.30 Å². The summed E-state index contributed by atoms with van der Waals surface area (Å²) in [5, 5.41) is 0. The molecule has 0 saturated heterocycles. The van der Waals surface area contributed by atoms with Crippen LogP contribution in [0, 0.1) is 0 Å². The monoisotopic (exact) mass is 448 g/mol. The van der Waals surface area contributed by atoms with Gasteiger partial charge in [0, 0.05) is 4.90 Å². The number of hydrogen-bond donors (Lipinski definition) is 0. The fourth-order valence-corrected chi connectivity index (χ4v) is 6.43. The van der Waals surface area contributed by atoms with Gasteiger partial charge in [0.1, 0.15) is 10.8 Å². The summed E-state index contributed by atoms with van der Waals surface area (Å²) in [6, 6.07) is 8.60. The summed E-state index contributed by atoms with van der Waals surface area (Å²) in [7, 11) is -2.65. The molecule has 2 heterocycles. The molecule has 0 unspecified atom stereocenters. The van der Waals surface area contributed by atoms with E-state index in [0.717, 1.165) is 26.4 Å².